The van der Waals surface area contributed by atoms with Crippen molar-refractivity contribution in [1.29, 1.82) is 0 Å². The SMILES string of the molecule is CCc1nn(C)cc1-n1c(=S)[nH]c2ccccc2c1=O. The Morgan fingerprint density at radius 3 is 2.85 bits per heavy atom. The van der Waals surface area contributed by atoms with Crippen molar-refractivity contribution in [2.75, 3.05) is 0 Å². The van der Waals surface area contributed by atoms with Gasteiger partial charge in [0.05, 0.1) is 22.3 Å². The van der Waals surface area contributed by atoms with Crippen LogP contribution in [0.3, 0.4) is 0 Å². The first-order valence-corrected chi connectivity index (χ1v) is 6.79. The molecule has 1 N–H and O–H groups in total. The van der Waals surface area contributed by atoms with Crippen molar-refractivity contribution in [3.8, 4) is 5.69 Å². The van der Waals surface area contributed by atoms with Crippen LogP contribution in [0, 0.1) is 4.77 Å². The fourth-order valence-corrected chi connectivity index (χ4v) is 2.63. The number of hydrogen-bond acceptors (Lipinski definition) is 3. The van der Waals surface area contributed by atoms with Gasteiger partial charge in [0.2, 0.25) is 0 Å². The van der Waals surface area contributed by atoms with Gasteiger partial charge in [0.1, 0.15) is 0 Å². The van der Waals surface area contributed by atoms with Crippen LogP contribution in [0.4, 0.5) is 0 Å². The molecule has 0 saturated heterocycles. The summed E-state index contributed by atoms with van der Waals surface area (Å²) in [5, 5.41) is 4.98. The van der Waals surface area contributed by atoms with E-state index in [0.29, 0.717) is 10.2 Å². The molecule has 0 aliphatic carbocycles. The molecule has 3 rings (SSSR count). The predicted octanol–water partition coefficient (Wildman–Crippen LogP) is 2.34. The monoisotopic (exact) mass is 286 g/mol. The summed E-state index contributed by atoms with van der Waals surface area (Å²) in [4.78, 5) is 15.8. The lowest BCUT2D eigenvalue weighted by Gasteiger charge is -2.07. The molecule has 20 heavy (non-hydrogen) atoms. The molecule has 102 valence electrons. The van der Waals surface area contributed by atoms with Crippen LogP contribution in [0.5, 0.6) is 0 Å². The molecule has 0 radical (unpaired) electrons. The van der Waals surface area contributed by atoms with Crippen molar-refractivity contribution < 1.29 is 0 Å². The molecule has 0 saturated carbocycles. The van der Waals surface area contributed by atoms with Crippen LogP contribution in [0.15, 0.2) is 35.3 Å². The summed E-state index contributed by atoms with van der Waals surface area (Å²) in [6.45, 7) is 2.00. The molecule has 0 unspecified atom stereocenters. The van der Waals surface area contributed by atoms with Crippen LogP contribution in [0.25, 0.3) is 16.6 Å². The topological polar surface area (TPSA) is 55.6 Å². The number of aromatic nitrogens is 4. The average molecular weight is 286 g/mol. The standard InChI is InChI=1S/C14H14N4OS/c1-3-10-12(8-17(2)16-10)18-13(19)9-6-4-5-7-11(9)15-14(18)20/h4-8H,3H2,1-2H3,(H,15,20). The summed E-state index contributed by atoms with van der Waals surface area (Å²) in [6, 6.07) is 7.36. The van der Waals surface area contributed by atoms with Gasteiger partial charge in [-0.05, 0) is 30.8 Å². The number of aromatic amines is 1. The first-order valence-electron chi connectivity index (χ1n) is 6.38. The largest absolute Gasteiger partial charge is 0.331 e. The summed E-state index contributed by atoms with van der Waals surface area (Å²) < 4.78 is 3.60. The molecular formula is C14H14N4OS. The number of para-hydroxylation sites is 1. The van der Waals surface area contributed by atoms with E-state index in [2.05, 4.69) is 10.1 Å². The van der Waals surface area contributed by atoms with E-state index in [4.69, 9.17) is 12.2 Å². The Kier molecular flexibility index (Phi) is 3.02. The van der Waals surface area contributed by atoms with Crippen molar-refractivity contribution in [3.63, 3.8) is 0 Å². The van der Waals surface area contributed by atoms with E-state index in [0.717, 1.165) is 23.3 Å². The zero-order valence-corrected chi connectivity index (χ0v) is 12.1. The van der Waals surface area contributed by atoms with Gasteiger partial charge in [-0.1, -0.05) is 19.1 Å². The molecule has 0 atom stereocenters. The summed E-state index contributed by atoms with van der Waals surface area (Å²) in [5.41, 5.74) is 2.23. The summed E-state index contributed by atoms with van der Waals surface area (Å²) in [6.07, 6.45) is 2.56. The molecule has 0 aliphatic rings. The Morgan fingerprint density at radius 1 is 1.35 bits per heavy atom. The van der Waals surface area contributed by atoms with Crippen LogP contribution in [-0.2, 0) is 13.5 Å². The lowest BCUT2D eigenvalue weighted by Crippen LogP contribution is -2.21. The zero-order valence-electron chi connectivity index (χ0n) is 11.3. The Hall–Kier alpha value is -2.21. The molecule has 5 nitrogen and oxygen atoms in total. The minimum absolute atomic E-state index is 0.118. The van der Waals surface area contributed by atoms with Crippen LogP contribution in [0.2, 0.25) is 0 Å². The molecular weight excluding hydrogens is 272 g/mol. The molecule has 0 fully saturated rings. The maximum absolute atomic E-state index is 12.7. The summed E-state index contributed by atoms with van der Waals surface area (Å²) in [5.74, 6) is 0. The molecule has 0 amide bonds. The van der Waals surface area contributed by atoms with Gasteiger partial charge < -0.3 is 4.98 Å². The smallest absolute Gasteiger partial charge is 0.266 e. The van der Waals surface area contributed by atoms with Crippen molar-refractivity contribution in [3.05, 3.63) is 51.3 Å². The molecule has 2 heterocycles. The van der Waals surface area contributed by atoms with Gasteiger partial charge in [-0.2, -0.15) is 5.10 Å². The Bertz CT molecular complexity index is 903. The number of H-pyrrole nitrogens is 1. The lowest BCUT2D eigenvalue weighted by atomic mass is 10.2. The highest BCUT2D eigenvalue weighted by molar-refractivity contribution is 7.71. The Morgan fingerprint density at radius 2 is 2.10 bits per heavy atom. The van der Waals surface area contributed by atoms with E-state index < -0.39 is 0 Å². The minimum atomic E-state index is -0.118. The van der Waals surface area contributed by atoms with E-state index in [1.54, 1.807) is 10.7 Å². The predicted molar refractivity (Wildman–Crippen MR) is 80.9 cm³/mol. The van der Waals surface area contributed by atoms with Crippen LogP contribution in [-0.4, -0.2) is 19.3 Å². The van der Waals surface area contributed by atoms with Crippen LogP contribution >= 0.6 is 12.2 Å². The van der Waals surface area contributed by atoms with Crippen LogP contribution in [0.1, 0.15) is 12.6 Å². The number of aryl methyl sites for hydroxylation is 2. The molecule has 0 bridgehead atoms. The second-order valence-corrected chi connectivity index (χ2v) is 4.99. The zero-order chi connectivity index (χ0) is 14.3. The second-order valence-electron chi connectivity index (χ2n) is 4.60. The number of hydrogen-bond donors (Lipinski definition) is 1. The fourth-order valence-electron chi connectivity index (χ4n) is 2.34. The highest BCUT2D eigenvalue weighted by atomic mass is 32.1. The number of rotatable bonds is 2. The molecule has 2 aromatic heterocycles. The van der Waals surface area contributed by atoms with E-state index in [-0.39, 0.29) is 5.56 Å². The highest BCUT2D eigenvalue weighted by Crippen LogP contribution is 2.14. The van der Waals surface area contributed by atoms with Gasteiger partial charge in [-0.25, -0.2) is 4.57 Å². The van der Waals surface area contributed by atoms with Gasteiger partial charge in [-0.3, -0.25) is 9.48 Å². The fraction of sp³-hybridized carbons (Fsp3) is 0.214. The number of nitrogens with zero attached hydrogens (tertiary/aromatic N) is 3. The molecule has 0 aliphatic heterocycles. The number of nitrogens with one attached hydrogen (secondary N) is 1. The Labute approximate surface area is 120 Å². The third-order valence-corrected chi connectivity index (χ3v) is 3.55. The van der Waals surface area contributed by atoms with E-state index in [1.165, 1.54) is 4.57 Å². The van der Waals surface area contributed by atoms with Crippen molar-refractivity contribution in [2.24, 2.45) is 7.05 Å². The van der Waals surface area contributed by atoms with Gasteiger partial charge >= 0.3 is 0 Å². The molecule has 0 spiro atoms. The molecule has 1 aromatic carbocycles. The first-order chi connectivity index (χ1) is 9.61. The van der Waals surface area contributed by atoms with E-state index >= 15 is 0 Å². The highest BCUT2D eigenvalue weighted by Gasteiger charge is 2.13. The van der Waals surface area contributed by atoms with Crippen molar-refractivity contribution in [1.82, 2.24) is 19.3 Å². The maximum atomic E-state index is 12.7. The quantitative estimate of drug-likeness (QED) is 0.736. The van der Waals surface area contributed by atoms with E-state index in [1.807, 2.05) is 38.4 Å². The average Bonchev–Trinajstić information content (AvgIpc) is 2.80. The van der Waals surface area contributed by atoms with Crippen molar-refractivity contribution in [2.45, 2.75) is 13.3 Å². The van der Waals surface area contributed by atoms with Gasteiger partial charge in [0.15, 0.2) is 4.77 Å². The summed E-state index contributed by atoms with van der Waals surface area (Å²) >= 11 is 5.34. The molecule has 6 heteroatoms. The number of benzene rings is 1. The van der Waals surface area contributed by atoms with E-state index in [9.17, 15) is 4.79 Å². The number of fused-ring (bicyclic) bond motifs is 1. The maximum Gasteiger partial charge on any atom is 0.266 e. The molecule has 3 aromatic rings. The third kappa shape index (κ3) is 1.89. The normalized spacial score (nSPS) is 11.1. The summed E-state index contributed by atoms with van der Waals surface area (Å²) in [7, 11) is 1.83. The van der Waals surface area contributed by atoms with Gasteiger partial charge in [-0.15, -0.1) is 0 Å². The van der Waals surface area contributed by atoms with Gasteiger partial charge in [0.25, 0.3) is 5.56 Å². The van der Waals surface area contributed by atoms with Crippen LogP contribution < -0.4 is 5.56 Å². The minimum Gasteiger partial charge on any atom is -0.331 e. The lowest BCUT2D eigenvalue weighted by molar-refractivity contribution is 0.746. The second kappa shape index (κ2) is 4.72. The first kappa shape index (κ1) is 12.8. The third-order valence-electron chi connectivity index (χ3n) is 3.26. The van der Waals surface area contributed by atoms with Gasteiger partial charge in [0, 0.05) is 13.2 Å². The van der Waals surface area contributed by atoms with Crippen molar-refractivity contribution >= 4 is 23.1 Å². The Balaban J connectivity index is 2.42.